The second-order valence-electron chi connectivity index (χ2n) is 9.35. The van der Waals surface area contributed by atoms with Gasteiger partial charge in [0.2, 0.25) is 11.9 Å². The third kappa shape index (κ3) is 5.07. The van der Waals surface area contributed by atoms with E-state index in [0.29, 0.717) is 11.9 Å². The quantitative estimate of drug-likeness (QED) is 0.597. The molecule has 0 saturated carbocycles. The first-order valence-electron chi connectivity index (χ1n) is 12.1. The first-order chi connectivity index (χ1) is 16.0. The van der Waals surface area contributed by atoms with Crippen molar-refractivity contribution in [3.8, 4) is 0 Å². The normalized spacial score (nSPS) is 17.2. The Kier molecular flexibility index (Phi) is 6.37. The van der Waals surface area contributed by atoms with E-state index in [-0.39, 0.29) is 0 Å². The predicted molar refractivity (Wildman–Crippen MR) is 133 cm³/mol. The Morgan fingerprint density at radius 3 is 2.55 bits per heavy atom. The van der Waals surface area contributed by atoms with Crippen LogP contribution in [-0.2, 0) is 12.8 Å². The van der Waals surface area contributed by atoms with Crippen molar-refractivity contribution in [2.75, 3.05) is 56.9 Å². The number of rotatable bonds is 6. The summed E-state index contributed by atoms with van der Waals surface area (Å²) in [6.45, 7) is 10.4. The number of aromatic nitrogens is 4. The lowest BCUT2D eigenvalue weighted by molar-refractivity contribution is 0.158. The molecule has 33 heavy (non-hydrogen) atoms. The van der Waals surface area contributed by atoms with Crippen LogP contribution in [0.2, 0.25) is 0 Å². The monoisotopic (exact) mass is 446 g/mol. The van der Waals surface area contributed by atoms with Crippen molar-refractivity contribution in [1.29, 1.82) is 0 Å². The molecule has 1 aliphatic heterocycles. The van der Waals surface area contributed by atoms with Crippen LogP contribution in [0.25, 0.3) is 10.9 Å². The van der Waals surface area contributed by atoms with E-state index in [9.17, 15) is 0 Å². The van der Waals surface area contributed by atoms with Gasteiger partial charge in [-0.05, 0) is 57.7 Å². The molecule has 0 atom stereocenters. The maximum atomic E-state index is 4.90. The van der Waals surface area contributed by atoms with Gasteiger partial charge in [-0.2, -0.15) is 4.98 Å². The van der Waals surface area contributed by atoms with Crippen LogP contribution in [0.5, 0.6) is 0 Å². The summed E-state index contributed by atoms with van der Waals surface area (Å²) >= 11 is 0. The summed E-state index contributed by atoms with van der Waals surface area (Å²) in [4.78, 5) is 23.7. The van der Waals surface area contributed by atoms with E-state index in [2.05, 4.69) is 49.6 Å². The zero-order valence-corrected chi connectivity index (χ0v) is 20.0. The van der Waals surface area contributed by atoms with Gasteiger partial charge in [-0.1, -0.05) is 12.1 Å². The summed E-state index contributed by atoms with van der Waals surface area (Å²) in [5.41, 5.74) is 5.76. The molecule has 3 heterocycles. The lowest BCUT2D eigenvalue weighted by atomic mass is 9.89. The highest BCUT2D eigenvalue weighted by atomic mass is 15.3. The Balaban J connectivity index is 1.31. The van der Waals surface area contributed by atoms with Crippen molar-refractivity contribution in [2.45, 2.75) is 39.5 Å². The maximum Gasteiger partial charge on any atom is 0.231 e. The summed E-state index contributed by atoms with van der Waals surface area (Å²) in [5.74, 6) is 1.92. The van der Waals surface area contributed by atoms with Gasteiger partial charge in [0.25, 0.3) is 0 Å². The molecular weight excluding hydrogens is 412 g/mol. The Morgan fingerprint density at radius 1 is 0.909 bits per heavy atom. The second kappa shape index (κ2) is 9.57. The standard InChI is InChI=1S/C25H34N8/c1-17-16-22(26-10-11-33-14-12-32(3)13-15-33)29-24(27-17)31-25-28-18(2)20-9-8-19-6-4-5-7-21(19)23(20)30-25/h8-9,16H,4-7,10-15H2,1-3H3,(H2,26,27,28,29,30,31). The van der Waals surface area contributed by atoms with Gasteiger partial charge in [0, 0.05) is 56.4 Å². The topological polar surface area (TPSA) is 82.1 Å². The summed E-state index contributed by atoms with van der Waals surface area (Å²) < 4.78 is 0. The number of fused-ring (bicyclic) bond motifs is 3. The molecule has 174 valence electrons. The maximum absolute atomic E-state index is 4.90. The Bertz CT molecular complexity index is 1140. The van der Waals surface area contributed by atoms with Gasteiger partial charge in [-0.3, -0.25) is 10.2 Å². The zero-order valence-electron chi connectivity index (χ0n) is 20.0. The SMILES string of the molecule is Cc1cc(NCCN2CCN(C)CC2)nc(Nc2nc(C)c3ccc4c(c3n2)CCCC4)n1. The van der Waals surface area contributed by atoms with Crippen molar-refractivity contribution < 1.29 is 0 Å². The zero-order chi connectivity index (χ0) is 22.8. The summed E-state index contributed by atoms with van der Waals surface area (Å²) in [7, 11) is 2.18. The highest BCUT2D eigenvalue weighted by molar-refractivity contribution is 5.86. The summed E-state index contributed by atoms with van der Waals surface area (Å²) in [6.07, 6.45) is 4.71. The number of nitrogens with zero attached hydrogens (tertiary/aromatic N) is 6. The Hall–Kier alpha value is -2.84. The lowest BCUT2D eigenvalue weighted by Crippen LogP contribution is -2.45. The summed E-state index contributed by atoms with van der Waals surface area (Å²) in [5, 5.41) is 7.87. The van der Waals surface area contributed by atoms with Crippen molar-refractivity contribution in [3.05, 3.63) is 40.7 Å². The number of likely N-dealkylation sites (N-methyl/N-ethyl adjacent to an activating group) is 1. The van der Waals surface area contributed by atoms with Crippen molar-refractivity contribution in [3.63, 3.8) is 0 Å². The predicted octanol–water partition coefficient (Wildman–Crippen LogP) is 3.32. The van der Waals surface area contributed by atoms with Crippen LogP contribution in [0.4, 0.5) is 17.7 Å². The molecule has 1 saturated heterocycles. The molecule has 1 aliphatic carbocycles. The fraction of sp³-hybridized carbons (Fsp3) is 0.520. The van der Waals surface area contributed by atoms with Gasteiger partial charge in [-0.25, -0.2) is 15.0 Å². The van der Waals surface area contributed by atoms with E-state index >= 15 is 0 Å². The molecular formula is C25H34N8. The molecule has 2 aromatic heterocycles. The molecule has 2 N–H and O–H groups in total. The van der Waals surface area contributed by atoms with Gasteiger partial charge in [0.05, 0.1) is 11.2 Å². The minimum atomic E-state index is 0.528. The number of anilines is 3. The Morgan fingerprint density at radius 2 is 1.70 bits per heavy atom. The first kappa shape index (κ1) is 22.0. The van der Waals surface area contributed by atoms with Crippen LogP contribution in [0, 0.1) is 13.8 Å². The van der Waals surface area contributed by atoms with E-state index in [0.717, 1.165) is 80.2 Å². The molecule has 1 fully saturated rings. The van der Waals surface area contributed by atoms with E-state index in [1.165, 1.54) is 24.0 Å². The Labute approximate surface area is 195 Å². The van der Waals surface area contributed by atoms with Crippen LogP contribution >= 0.6 is 0 Å². The van der Waals surface area contributed by atoms with Crippen LogP contribution < -0.4 is 10.6 Å². The van der Waals surface area contributed by atoms with Crippen molar-refractivity contribution in [1.82, 2.24) is 29.7 Å². The summed E-state index contributed by atoms with van der Waals surface area (Å²) in [6, 6.07) is 6.41. The van der Waals surface area contributed by atoms with Gasteiger partial charge in [-0.15, -0.1) is 0 Å². The van der Waals surface area contributed by atoms with Crippen LogP contribution in [0.3, 0.4) is 0 Å². The third-order valence-corrected chi connectivity index (χ3v) is 6.79. The molecule has 1 aromatic carbocycles. The fourth-order valence-corrected chi connectivity index (χ4v) is 4.86. The smallest absolute Gasteiger partial charge is 0.231 e. The average Bonchev–Trinajstić information content (AvgIpc) is 2.80. The van der Waals surface area contributed by atoms with Gasteiger partial charge in [0.1, 0.15) is 5.82 Å². The molecule has 8 nitrogen and oxygen atoms in total. The minimum absolute atomic E-state index is 0.528. The number of hydrogen-bond donors (Lipinski definition) is 2. The van der Waals surface area contributed by atoms with Crippen molar-refractivity contribution in [2.24, 2.45) is 0 Å². The van der Waals surface area contributed by atoms with E-state index in [1.54, 1.807) is 0 Å². The molecule has 3 aromatic rings. The van der Waals surface area contributed by atoms with Crippen molar-refractivity contribution >= 4 is 28.6 Å². The van der Waals surface area contributed by atoms with Gasteiger partial charge in [0.15, 0.2) is 0 Å². The molecule has 0 unspecified atom stereocenters. The third-order valence-electron chi connectivity index (χ3n) is 6.79. The van der Waals surface area contributed by atoms with Crippen LogP contribution in [0.1, 0.15) is 35.4 Å². The molecule has 0 amide bonds. The molecule has 0 radical (unpaired) electrons. The minimum Gasteiger partial charge on any atom is -0.369 e. The number of piperazine rings is 1. The van der Waals surface area contributed by atoms with E-state index < -0.39 is 0 Å². The van der Waals surface area contributed by atoms with Gasteiger partial charge < -0.3 is 10.2 Å². The second-order valence-corrected chi connectivity index (χ2v) is 9.35. The highest BCUT2D eigenvalue weighted by Crippen LogP contribution is 2.30. The molecule has 0 spiro atoms. The highest BCUT2D eigenvalue weighted by Gasteiger charge is 2.17. The number of aryl methyl sites for hydroxylation is 4. The van der Waals surface area contributed by atoms with E-state index in [1.807, 2.05) is 19.9 Å². The van der Waals surface area contributed by atoms with Crippen LogP contribution in [-0.4, -0.2) is 76.1 Å². The fourth-order valence-electron chi connectivity index (χ4n) is 4.86. The molecule has 2 aliphatic rings. The lowest BCUT2D eigenvalue weighted by Gasteiger charge is -2.32. The van der Waals surface area contributed by atoms with E-state index in [4.69, 9.17) is 9.97 Å². The largest absolute Gasteiger partial charge is 0.369 e. The first-order valence-corrected chi connectivity index (χ1v) is 12.1. The number of nitrogens with one attached hydrogen (secondary N) is 2. The average molecular weight is 447 g/mol. The van der Waals surface area contributed by atoms with Crippen LogP contribution in [0.15, 0.2) is 18.2 Å². The molecule has 8 heteroatoms. The van der Waals surface area contributed by atoms with Gasteiger partial charge >= 0.3 is 0 Å². The number of benzene rings is 1. The number of hydrogen-bond acceptors (Lipinski definition) is 8. The molecule has 0 bridgehead atoms. The molecule has 5 rings (SSSR count).